The molecule has 0 amide bonds. The molecule has 0 aliphatic heterocycles. The molecule has 0 aromatic heterocycles. The van der Waals surface area contributed by atoms with Crippen LogP contribution in [0.25, 0.3) is 0 Å². The van der Waals surface area contributed by atoms with Gasteiger partial charge in [0, 0.05) is 10.6 Å². The molecule has 10 heavy (non-hydrogen) atoms. The van der Waals surface area contributed by atoms with Crippen LogP contribution in [0.3, 0.4) is 0 Å². The summed E-state index contributed by atoms with van der Waals surface area (Å²) < 4.78 is 24.2. The van der Waals surface area contributed by atoms with Crippen molar-refractivity contribution in [2.75, 3.05) is 0 Å². The van der Waals surface area contributed by atoms with Crippen LogP contribution in [-0.2, 0) is 6.67 Å². The van der Waals surface area contributed by atoms with Gasteiger partial charge in [0.1, 0.15) is 12.5 Å². The second-order valence-corrected chi connectivity index (χ2v) is 2.28. The molecule has 1 aromatic carbocycles. The van der Waals surface area contributed by atoms with E-state index in [2.05, 4.69) is 0 Å². The van der Waals surface area contributed by atoms with E-state index < -0.39 is 12.5 Å². The monoisotopic (exact) mass is 162 g/mol. The molecule has 0 unspecified atom stereocenters. The molecular weight excluding hydrogens is 158 g/mol. The quantitative estimate of drug-likeness (QED) is 0.596. The predicted molar refractivity (Wildman–Crippen MR) is 36.2 cm³/mol. The molecule has 54 valence electrons. The molecular formula is C7H5ClF2. The third-order valence-corrected chi connectivity index (χ3v) is 1.51. The van der Waals surface area contributed by atoms with Crippen molar-refractivity contribution >= 4 is 11.6 Å². The molecule has 1 rings (SSSR count). The number of benzene rings is 1. The van der Waals surface area contributed by atoms with E-state index in [9.17, 15) is 8.78 Å². The summed E-state index contributed by atoms with van der Waals surface area (Å²) >= 11 is 5.45. The summed E-state index contributed by atoms with van der Waals surface area (Å²) in [7, 11) is 0. The minimum absolute atomic E-state index is 0.141. The lowest BCUT2D eigenvalue weighted by atomic mass is 10.2. The first kappa shape index (κ1) is 7.48. The van der Waals surface area contributed by atoms with E-state index in [0.29, 0.717) is 5.56 Å². The zero-order chi connectivity index (χ0) is 7.56. The molecule has 0 fully saturated rings. The Bertz CT molecular complexity index is 235. The maximum absolute atomic E-state index is 12.3. The van der Waals surface area contributed by atoms with Crippen molar-refractivity contribution in [2.24, 2.45) is 0 Å². The predicted octanol–water partition coefficient (Wildman–Crippen LogP) is 2.95. The Balaban J connectivity index is 3.07. The Labute approximate surface area is 62.4 Å². The van der Waals surface area contributed by atoms with Gasteiger partial charge in [-0.15, -0.1) is 0 Å². The molecule has 0 N–H and O–H groups in total. The van der Waals surface area contributed by atoms with Crippen molar-refractivity contribution < 1.29 is 8.78 Å². The molecule has 0 atom stereocenters. The maximum atomic E-state index is 12.3. The zero-order valence-corrected chi connectivity index (χ0v) is 5.83. The summed E-state index contributed by atoms with van der Waals surface area (Å²) in [5.41, 5.74) is 0.322. The Hall–Kier alpha value is -0.630. The fraction of sp³-hybridized carbons (Fsp3) is 0.143. The number of rotatable bonds is 1. The maximum Gasteiger partial charge on any atom is 0.124 e. The van der Waals surface area contributed by atoms with Crippen molar-refractivity contribution in [1.29, 1.82) is 0 Å². The number of hydrogen-bond donors (Lipinski definition) is 0. The lowest BCUT2D eigenvalue weighted by molar-refractivity contribution is 0.484. The van der Waals surface area contributed by atoms with Gasteiger partial charge in [0.25, 0.3) is 0 Å². The first-order valence-corrected chi connectivity index (χ1v) is 3.11. The SMILES string of the molecule is FCc1ccc(F)cc1Cl. The fourth-order valence-electron chi connectivity index (χ4n) is 0.630. The minimum Gasteiger partial charge on any atom is -0.246 e. The summed E-state index contributed by atoms with van der Waals surface area (Å²) in [6.45, 7) is -0.654. The van der Waals surface area contributed by atoms with E-state index in [1.54, 1.807) is 0 Å². The summed E-state index contributed by atoms with van der Waals surface area (Å²) in [6, 6.07) is 3.61. The first-order valence-electron chi connectivity index (χ1n) is 2.74. The van der Waals surface area contributed by atoms with Crippen LogP contribution in [0.2, 0.25) is 5.02 Å². The largest absolute Gasteiger partial charge is 0.246 e. The van der Waals surface area contributed by atoms with Crippen molar-refractivity contribution in [3.8, 4) is 0 Å². The number of alkyl halides is 1. The van der Waals surface area contributed by atoms with Crippen molar-refractivity contribution in [1.82, 2.24) is 0 Å². The highest BCUT2D eigenvalue weighted by atomic mass is 35.5. The molecule has 0 aliphatic rings. The van der Waals surface area contributed by atoms with E-state index in [1.807, 2.05) is 0 Å². The van der Waals surface area contributed by atoms with E-state index in [-0.39, 0.29) is 5.02 Å². The van der Waals surface area contributed by atoms with Crippen LogP contribution in [-0.4, -0.2) is 0 Å². The van der Waals surface area contributed by atoms with Gasteiger partial charge in [-0.1, -0.05) is 17.7 Å². The molecule has 3 heteroatoms. The Kier molecular flexibility index (Phi) is 2.22. The highest BCUT2D eigenvalue weighted by Gasteiger charge is 1.99. The van der Waals surface area contributed by atoms with Gasteiger partial charge in [-0.2, -0.15) is 0 Å². The van der Waals surface area contributed by atoms with Crippen molar-refractivity contribution in [3.63, 3.8) is 0 Å². The second-order valence-electron chi connectivity index (χ2n) is 1.87. The molecule has 0 aliphatic carbocycles. The number of hydrogen-bond acceptors (Lipinski definition) is 0. The van der Waals surface area contributed by atoms with Crippen LogP contribution in [0.5, 0.6) is 0 Å². The summed E-state index contributed by atoms with van der Waals surface area (Å²) in [5.74, 6) is -0.442. The standard InChI is InChI=1S/C7H5ClF2/c8-7-3-6(10)2-1-5(7)4-9/h1-3H,4H2. The fourth-order valence-corrected chi connectivity index (χ4v) is 0.848. The first-order chi connectivity index (χ1) is 4.74. The Morgan fingerprint density at radius 3 is 2.60 bits per heavy atom. The second kappa shape index (κ2) is 2.97. The molecule has 0 nitrogen and oxygen atoms in total. The summed E-state index contributed by atoms with van der Waals surface area (Å²) in [6.07, 6.45) is 0. The smallest absolute Gasteiger partial charge is 0.124 e. The lowest BCUT2D eigenvalue weighted by Crippen LogP contribution is -1.81. The van der Waals surface area contributed by atoms with Crippen LogP contribution in [0.1, 0.15) is 5.56 Å². The average molecular weight is 163 g/mol. The summed E-state index contributed by atoms with van der Waals surface area (Å²) in [4.78, 5) is 0. The van der Waals surface area contributed by atoms with E-state index in [1.165, 1.54) is 12.1 Å². The lowest BCUT2D eigenvalue weighted by Gasteiger charge is -1.96. The van der Waals surface area contributed by atoms with Crippen molar-refractivity contribution in [2.45, 2.75) is 6.67 Å². The van der Waals surface area contributed by atoms with Gasteiger partial charge < -0.3 is 0 Å². The topological polar surface area (TPSA) is 0 Å². The molecule has 0 saturated carbocycles. The van der Waals surface area contributed by atoms with Gasteiger partial charge >= 0.3 is 0 Å². The normalized spacial score (nSPS) is 9.90. The Morgan fingerprint density at radius 2 is 2.10 bits per heavy atom. The van der Waals surface area contributed by atoms with Gasteiger partial charge in [-0.25, -0.2) is 8.78 Å². The highest BCUT2D eigenvalue weighted by Crippen LogP contribution is 2.17. The molecule has 0 radical (unpaired) electrons. The van der Waals surface area contributed by atoms with Gasteiger partial charge in [0.05, 0.1) is 0 Å². The van der Waals surface area contributed by atoms with E-state index in [0.717, 1.165) is 6.07 Å². The van der Waals surface area contributed by atoms with Gasteiger partial charge in [-0.05, 0) is 12.1 Å². The van der Waals surface area contributed by atoms with Crippen molar-refractivity contribution in [3.05, 3.63) is 34.6 Å². The molecule has 0 spiro atoms. The average Bonchev–Trinajstić information content (AvgIpc) is 1.88. The zero-order valence-electron chi connectivity index (χ0n) is 5.07. The molecule has 0 heterocycles. The van der Waals surface area contributed by atoms with Gasteiger partial charge in [-0.3, -0.25) is 0 Å². The van der Waals surface area contributed by atoms with Crippen LogP contribution in [0, 0.1) is 5.82 Å². The van der Waals surface area contributed by atoms with Gasteiger partial charge in [0.2, 0.25) is 0 Å². The summed E-state index contributed by atoms with van der Waals surface area (Å²) in [5, 5.41) is 0.141. The van der Waals surface area contributed by atoms with E-state index in [4.69, 9.17) is 11.6 Å². The van der Waals surface area contributed by atoms with Gasteiger partial charge in [0.15, 0.2) is 0 Å². The van der Waals surface area contributed by atoms with Crippen LogP contribution in [0.4, 0.5) is 8.78 Å². The Morgan fingerprint density at radius 1 is 1.40 bits per heavy atom. The molecule has 1 aromatic rings. The van der Waals surface area contributed by atoms with E-state index >= 15 is 0 Å². The highest BCUT2D eigenvalue weighted by molar-refractivity contribution is 6.31. The minimum atomic E-state index is -0.654. The van der Waals surface area contributed by atoms with Crippen LogP contribution >= 0.6 is 11.6 Å². The molecule has 0 bridgehead atoms. The number of halogens is 3. The molecule has 0 saturated heterocycles. The van der Waals surface area contributed by atoms with Crippen LogP contribution < -0.4 is 0 Å². The third-order valence-electron chi connectivity index (χ3n) is 1.16. The van der Waals surface area contributed by atoms with Crippen LogP contribution in [0.15, 0.2) is 18.2 Å². The third kappa shape index (κ3) is 1.45.